The van der Waals surface area contributed by atoms with E-state index in [0.29, 0.717) is 0 Å². The van der Waals surface area contributed by atoms with Crippen LogP contribution in [0.15, 0.2) is 24.3 Å². The highest BCUT2D eigenvalue weighted by molar-refractivity contribution is 5.35. The third-order valence-corrected chi connectivity index (χ3v) is 4.34. The summed E-state index contributed by atoms with van der Waals surface area (Å²) in [5, 5.41) is 0. The van der Waals surface area contributed by atoms with E-state index in [0.717, 1.165) is 23.8 Å². The van der Waals surface area contributed by atoms with Crippen molar-refractivity contribution < 1.29 is 4.74 Å². The van der Waals surface area contributed by atoms with Gasteiger partial charge >= 0.3 is 0 Å². The Kier molecular flexibility index (Phi) is 5.86. The predicted octanol–water partition coefficient (Wildman–Crippen LogP) is 3.21. The summed E-state index contributed by atoms with van der Waals surface area (Å²) in [6.45, 7) is 2.06. The summed E-state index contributed by atoms with van der Waals surface area (Å²) in [7, 11) is 3.89. The standard InChI is InChI=1S/C17H28N2O/c1-19(12-14-8-4-3-5-9-14)13-16(18)15-10-6-7-11-17(15)20-2/h6-7,10-11,14,16H,3-5,8-9,12-13,18H2,1-2H3. The van der Waals surface area contributed by atoms with Gasteiger partial charge in [-0.3, -0.25) is 0 Å². The lowest BCUT2D eigenvalue weighted by Crippen LogP contribution is -2.33. The minimum absolute atomic E-state index is 0.0136. The lowest BCUT2D eigenvalue weighted by atomic mass is 9.89. The van der Waals surface area contributed by atoms with Crippen molar-refractivity contribution in [2.75, 3.05) is 27.2 Å². The number of ether oxygens (including phenoxy) is 1. The van der Waals surface area contributed by atoms with Crippen molar-refractivity contribution in [1.29, 1.82) is 0 Å². The summed E-state index contributed by atoms with van der Waals surface area (Å²) in [5.74, 6) is 1.75. The Hall–Kier alpha value is -1.06. The van der Waals surface area contributed by atoms with E-state index in [-0.39, 0.29) is 6.04 Å². The average Bonchev–Trinajstić information content (AvgIpc) is 2.48. The van der Waals surface area contributed by atoms with Gasteiger partial charge in [0.1, 0.15) is 5.75 Å². The number of methoxy groups -OCH3 is 1. The number of nitrogens with zero attached hydrogens (tertiary/aromatic N) is 1. The second-order valence-corrected chi connectivity index (χ2v) is 6.07. The molecule has 0 aromatic heterocycles. The Morgan fingerprint density at radius 3 is 2.65 bits per heavy atom. The molecule has 0 saturated heterocycles. The first-order valence-corrected chi connectivity index (χ1v) is 7.77. The molecule has 3 heteroatoms. The van der Waals surface area contributed by atoms with E-state index in [2.05, 4.69) is 18.0 Å². The summed E-state index contributed by atoms with van der Waals surface area (Å²) in [5.41, 5.74) is 7.46. The number of rotatable bonds is 6. The monoisotopic (exact) mass is 276 g/mol. The van der Waals surface area contributed by atoms with Crippen LogP contribution in [0.3, 0.4) is 0 Å². The summed E-state index contributed by atoms with van der Waals surface area (Å²) >= 11 is 0. The molecule has 0 amide bonds. The van der Waals surface area contributed by atoms with Crippen LogP contribution in [0.1, 0.15) is 43.7 Å². The molecule has 1 aliphatic carbocycles. The van der Waals surface area contributed by atoms with E-state index >= 15 is 0 Å². The summed E-state index contributed by atoms with van der Waals surface area (Å²) in [6.07, 6.45) is 6.98. The van der Waals surface area contributed by atoms with E-state index in [1.165, 1.54) is 38.6 Å². The van der Waals surface area contributed by atoms with Crippen LogP contribution in [0.4, 0.5) is 0 Å². The number of likely N-dealkylation sites (N-methyl/N-ethyl adjacent to an activating group) is 1. The van der Waals surface area contributed by atoms with Gasteiger partial charge in [0.15, 0.2) is 0 Å². The maximum absolute atomic E-state index is 6.36. The smallest absolute Gasteiger partial charge is 0.123 e. The first-order chi connectivity index (χ1) is 9.70. The van der Waals surface area contributed by atoms with Gasteiger partial charge in [0.2, 0.25) is 0 Å². The van der Waals surface area contributed by atoms with Crippen LogP contribution < -0.4 is 10.5 Å². The Bertz CT molecular complexity index is 402. The Balaban J connectivity index is 1.87. The second kappa shape index (κ2) is 7.65. The Labute approximate surface area is 123 Å². The first-order valence-electron chi connectivity index (χ1n) is 7.77. The average molecular weight is 276 g/mol. The van der Waals surface area contributed by atoms with Crippen molar-refractivity contribution in [3.05, 3.63) is 29.8 Å². The zero-order valence-electron chi connectivity index (χ0n) is 12.8. The fourth-order valence-corrected chi connectivity index (χ4v) is 3.29. The molecule has 0 radical (unpaired) electrons. The minimum atomic E-state index is 0.0136. The van der Waals surface area contributed by atoms with Crippen molar-refractivity contribution in [1.82, 2.24) is 4.90 Å². The fourth-order valence-electron chi connectivity index (χ4n) is 3.29. The van der Waals surface area contributed by atoms with Crippen LogP contribution in [-0.4, -0.2) is 32.1 Å². The number of para-hydroxylation sites is 1. The lowest BCUT2D eigenvalue weighted by molar-refractivity contribution is 0.223. The van der Waals surface area contributed by atoms with Crippen LogP contribution in [0.2, 0.25) is 0 Å². The highest BCUT2D eigenvalue weighted by Crippen LogP contribution is 2.26. The van der Waals surface area contributed by atoms with Crippen molar-refractivity contribution in [2.45, 2.75) is 38.1 Å². The maximum atomic E-state index is 6.36. The van der Waals surface area contributed by atoms with Gasteiger partial charge in [-0.05, 0) is 31.9 Å². The molecular weight excluding hydrogens is 248 g/mol. The van der Waals surface area contributed by atoms with Gasteiger partial charge in [0, 0.05) is 24.7 Å². The van der Waals surface area contributed by atoms with Gasteiger partial charge < -0.3 is 15.4 Å². The largest absolute Gasteiger partial charge is 0.496 e. The van der Waals surface area contributed by atoms with Gasteiger partial charge in [-0.2, -0.15) is 0 Å². The molecule has 0 bridgehead atoms. The van der Waals surface area contributed by atoms with Crippen LogP contribution >= 0.6 is 0 Å². The van der Waals surface area contributed by atoms with Gasteiger partial charge in [-0.15, -0.1) is 0 Å². The molecule has 20 heavy (non-hydrogen) atoms. The molecule has 2 N–H and O–H groups in total. The molecule has 1 aliphatic rings. The quantitative estimate of drug-likeness (QED) is 0.867. The van der Waals surface area contributed by atoms with Crippen molar-refractivity contribution in [2.24, 2.45) is 11.7 Å². The molecule has 2 rings (SSSR count). The highest BCUT2D eigenvalue weighted by Gasteiger charge is 2.18. The van der Waals surface area contributed by atoms with Gasteiger partial charge in [0.25, 0.3) is 0 Å². The minimum Gasteiger partial charge on any atom is -0.496 e. The maximum Gasteiger partial charge on any atom is 0.123 e. The van der Waals surface area contributed by atoms with Crippen LogP contribution in [0.5, 0.6) is 5.75 Å². The molecule has 1 aromatic carbocycles. The van der Waals surface area contributed by atoms with Gasteiger partial charge in [-0.25, -0.2) is 0 Å². The Morgan fingerprint density at radius 2 is 1.95 bits per heavy atom. The summed E-state index contributed by atoms with van der Waals surface area (Å²) < 4.78 is 5.40. The number of hydrogen-bond acceptors (Lipinski definition) is 3. The normalized spacial score (nSPS) is 18.2. The molecule has 0 heterocycles. The predicted molar refractivity (Wildman–Crippen MR) is 84.0 cm³/mol. The lowest BCUT2D eigenvalue weighted by Gasteiger charge is -2.29. The molecule has 3 nitrogen and oxygen atoms in total. The molecule has 1 aromatic rings. The first kappa shape index (κ1) is 15.3. The van der Waals surface area contributed by atoms with Crippen molar-refractivity contribution in [3.63, 3.8) is 0 Å². The molecule has 0 aliphatic heterocycles. The van der Waals surface area contributed by atoms with E-state index < -0.39 is 0 Å². The summed E-state index contributed by atoms with van der Waals surface area (Å²) in [6, 6.07) is 8.08. The topological polar surface area (TPSA) is 38.5 Å². The molecular formula is C17H28N2O. The van der Waals surface area contributed by atoms with E-state index in [9.17, 15) is 0 Å². The molecule has 1 saturated carbocycles. The third-order valence-electron chi connectivity index (χ3n) is 4.34. The molecule has 1 unspecified atom stereocenters. The van der Waals surface area contributed by atoms with Gasteiger partial charge in [-0.1, -0.05) is 37.5 Å². The van der Waals surface area contributed by atoms with E-state index in [1.54, 1.807) is 7.11 Å². The zero-order chi connectivity index (χ0) is 14.4. The number of nitrogens with two attached hydrogens (primary N) is 1. The SMILES string of the molecule is COc1ccccc1C(N)CN(C)CC1CCCCC1. The fraction of sp³-hybridized carbons (Fsp3) is 0.647. The second-order valence-electron chi connectivity index (χ2n) is 6.07. The molecule has 1 atom stereocenters. The van der Waals surface area contributed by atoms with Crippen LogP contribution in [0.25, 0.3) is 0 Å². The number of benzene rings is 1. The number of hydrogen-bond donors (Lipinski definition) is 1. The Morgan fingerprint density at radius 1 is 1.25 bits per heavy atom. The highest BCUT2D eigenvalue weighted by atomic mass is 16.5. The zero-order valence-corrected chi connectivity index (χ0v) is 12.8. The van der Waals surface area contributed by atoms with Gasteiger partial charge in [0.05, 0.1) is 7.11 Å². The molecule has 1 fully saturated rings. The third kappa shape index (κ3) is 4.22. The van der Waals surface area contributed by atoms with E-state index in [4.69, 9.17) is 10.5 Å². The molecule has 112 valence electrons. The van der Waals surface area contributed by atoms with Crippen LogP contribution in [0, 0.1) is 5.92 Å². The molecule has 0 spiro atoms. The summed E-state index contributed by atoms with van der Waals surface area (Å²) in [4.78, 5) is 2.38. The van der Waals surface area contributed by atoms with E-state index in [1.807, 2.05) is 18.2 Å². The van der Waals surface area contributed by atoms with Crippen LogP contribution in [-0.2, 0) is 0 Å². The van der Waals surface area contributed by atoms with Crippen molar-refractivity contribution >= 4 is 0 Å². The van der Waals surface area contributed by atoms with Crippen molar-refractivity contribution in [3.8, 4) is 5.75 Å².